The van der Waals surface area contributed by atoms with Crippen LogP contribution in [-0.2, 0) is 4.79 Å². The molecule has 2 aromatic carbocycles. The van der Waals surface area contributed by atoms with E-state index < -0.39 is 4.92 Å². The minimum Gasteiger partial charge on any atom is -0.459 e. The Bertz CT molecular complexity index is 908. The Morgan fingerprint density at radius 1 is 1.20 bits per heavy atom. The third kappa shape index (κ3) is 3.92. The fourth-order valence-corrected chi connectivity index (χ4v) is 2.43. The van der Waals surface area contributed by atoms with Gasteiger partial charge in [0.05, 0.1) is 11.0 Å². The van der Waals surface area contributed by atoms with Crippen molar-refractivity contribution in [3.05, 3.63) is 82.1 Å². The van der Waals surface area contributed by atoms with Gasteiger partial charge in [0.15, 0.2) is 0 Å². The van der Waals surface area contributed by atoms with Gasteiger partial charge in [0, 0.05) is 23.6 Å². The molecule has 0 spiro atoms. The number of hydrogen-bond acceptors (Lipinski definition) is 4. The SMILES string of the molecule is CC(NC(=O)/C=C/c1ccc([N+](=O)[O-])cc1)c1cc2ccccc2o1. The average Bonchev–Trinajstić information content (AvgIpc) is 3.04. The Labute approximate surface area is 143 Å². The number of nitro groups is 1. The maximum absolute atomic E-state index is 12.0. The number of carbonyl (C=O) groups is 1. The second-order valence-corrected chi connectivity index (χ2v) is 5.60. The zero-order chi connectivity index (χ0) is 17.8. The third-order valence-corrected chi connectivity index (χ3v) is 3.76. The molecule has 25 heavy (non-hydrogen) atoms. The van der Waals surface area contributed by atoms with Crippen LogP contribution in [0.3, 0.4) is 0 Å². The van der Waals surface area contributed by atoms with Gasteiger partial charge in [-0.2, -0.15) is 0 Å². The quantitative estimate of drug-likeness (QED) is 0.429. The first-order valence-electron chi connectivity index (χ1n) is 7.74. The third-order valence-electron chi connectivity index (χ3n) is 3.76. The second kappa shape index (κ2) is 7.00. The summed E-state index contributed by atoms with van der Waals surface area (Å²) < 4.78 is 5.73. The molecule has 3 rings (SSSR count). The van der Waals surface area contributed by atoms with Crippen LogP contribution in [0.2, 0.25) is 0 Å². The standard InChI is InChI=1S/C19H16N2O4/c1-13(18-12-15-4-2-3-5-17(15)25-18)20-19(22)11-8-14-6-9-16(10-7-14)21(23)24/h2-13H,1H3,(H,20,22)/b11-8+. The van der Waals surface area contributed by atoms with Crippen molar-refractivity contribution >= 4 is 28.6 Å². The van der Waals surface area contributed by atoms with E-state index in [9.17, 15) is 14.9 Å². The molecule has 0 saturated heterocycles. The summed E-state index contributed by atoms with van der Waals surface area (Å²) in [5, 5.41) is 14.4. The van der Waals surface area contributed by atoms with Crippen molar-refractivity contribution in [3.8, 4) is 0 Å². The van der Waals surface area contributed by atoms with Crippen LogP contribution in [0.25, 0.3) is 17.0 Å². The highest BCUT2D eigenvalue weighted by atomic mass is 16.6. The zero-order valence-corrected chi connectivity index (χ0v) is 13.5. The van der Waals surface area contributed by atoms with Crippen LogP contribution in [-0.4, -0.2) is 10.8 Å². The predicted molar refractivity (Wildman–Crippen MR) is 94.9 cm³/mol. The van der Waals surface area contributed by atoms with Gasteiger partial charge in [0.2, 0.25) is 5.91 Å². The molecule has 0 bridgehead atoms. The van der Waals surface area contributed by atoms with Gasteiger partial charge in [0.25, 0.3) is 5.69 Å². The van der Waals surface area contributed by atoms with Crippen LogP contribution < -0.4 is 5.32 Å². The summed E-state index contributed by atoms with van der Waals surface area (Å²) in [6.07, 6.45) is 2.99. The van der Waals surface area contributed by atoms with Crippen LogP contribution >= 0.6 is 0 Å². The molecule has 1 heterocycles. The molecule has 1 N–H and O–H groups in total. The summed E-state index contributed by atoms with van der Waals surface area (Å²) in [4.78, 5) is 22.2. The molecule has 0 aliphatic carbocycles. The maximum atomic E-state index is 12.0. The normalized spacial score (nSPS) is 12.4. The number of benzene rings is 2. The van der Waals surface area contributed by atoms with Crippen molar-refractivity contribution in [2.75, 3.05) is 0 Å². The van der Waals surface area contributed by atoms with Gasteiger partial charge in [-0.15, -0.1) is 0 Å². The highest BCUT2D eigenvalue weighted by Crippen LogP contribution is 2.23. The van der Waals surface area contributed by atoms with Crippen molar-refractivity contribution in [1.29, 1.82) is 0 Å². The highest BCUT2D eigenvalue weighted by Gasteiger charge is 2.12. The van der Waals surface area contributed by atoms with E-state index in [1.165, 1.54) is 18.2 Å². The zero-order valence-electron chi connectivity index (χ0n) is 13.5. The van der Waals surface area contributed by atoms with E-state index in [-0.39, 0.29) is 17.6 Å². The van der Waals surface area contributed by atoms with E-state index >= 15 is 0 Å². The van der Waals surface area contributed by atoms with Gasteiger partial charge in [-0.05, 0) is 42.8 Å². The van der Waals surface area contributed by atoms with Crippen molar-refractivity contribution in [2.24, 2.45) is 0 Å². The van der Waals surface area contributed by atoms with Crippen LogP contribution in [0, 0.1) is 10.1 Å². The molecule has 1 unspecified atom stereocenters. The lowest BCUT2D eigenvalue weighted by molar-refractivity contribution is -0.384. The molecular formula is C19H16N2O4. The number of carbonyl (C=O) groups excluding carboxylic acids is 1. The number of fused-ring (bicyclic) bond motifs is 1. The molecule has 6 nitrogen and oxygen atoms in total. The Hall–Kier alpha value is -3.41. The Balaban J connectivity index is 1.63. The van der Waals surface area contributed by atoms with E-state index in [0.717, 1.165) is 11.0 Å². The van der Waals surface area contributed by atoms with Gasteiger partial charge in [-0.25, -0.2) is 0 Å². The number of rotatable bonds is 5. The minimum atomic E-state index is -0.463. The second-order valence-electron chi connectivity index (χ2n) is 5.60. The van der Waals surface area contributed by atoms with E-state index in [1.807, 2.05) is 37.3 Å². The molecular weight excluding hydrogens is 320 g/mol. The smallest absolute Gasteiger partial charge is 0.269 e. The summed E-state index contributed by atoms with van der Waals surface area (Å²) in [5.74, 6) is 0.407. The minimum absolute atomic E-state index is 0.0140. The van der Waals surface area contributed by atoms with Gasteiger partial charge in [-0.1, -0.05) is 18.2 Å². The maximum Gasteiger partial charge on any atom is 0.269 e. The molecule has 6 heteroatoms. The van der Waals surface area contributed by atoms with Crippen molar-refractivity contribution < 1.29 is 14.1 Å². The van der Waals surface area contributed by atoms with Gasteiger partial charge < -0.3 is 9.73 Å². The van der Waals surface area contributed by atoms with Gasteiger partial charge >= 0.3 is 0 Å². The molecule has 126 valence electrons. The van der Waals surface area contributed by atoms with Gasteiger partial charge in [0.1, 0.15) is 11.3 Å². The molecule has 3 aromatic rings. The molecule has 0 radical (unpaired) electrons. The first-order valence-corrected chi connectivity index (χ1v) is 7.74. The summed E-state index contributed by atoms with van der Waals surface area (Å²) in [7, 11) is 0. The predicted octanol–water partition coefficient (Wildman–Crippen LogP) is 4.23. The van der Waals surface area contributed by atoms with Crippen molar-refractivity contribution in [3.63, 3.8) is 0 Å². The number of furan rings is 1. The first kappa shape index (κ1) is 16.4. The molecule has 1 aromatic heterocycles. The number of hydrogen-bond donors (Lipinski definition) is 1. The number of nitrogens with zero attached hydrogens (tertiary/aromatic N) is 1. The molecule has 1 amide bonds. The summed E-state index contributed by atoms with van der Waals surface area (Å²) in [6, 6.07) is 15.2. The van der Waals surface area contributed by atoms with Crippen LogP contribution in [0.5, 0.6) is 0 Å². The fourth-order valence-electron chi connectivity index (χ4n) is 2.43. The van der Waals surface area contributed by atoms with E-state index in [1.54, 1.807) is 18.2 Å². The number of amides is 1. The molecule has 0 aliphatic rings. The summed E-state index contributed by atoms with van der Waals surface area (Å²) in [5.41, 5.74) is 1.50. The Morgan fingerprint density at radius 2 is 1.92 bits per heavy atom. The lowest BCUT2D eigenvalue weighted by Gasteiger charge is -2.09. The Morgan fingerprint density at radius 3 is 2.60 bits per heavy atom. The van der Waals surface area contributed by atoms with Crippen molar-refractivity contribution in [2.45, 2.75) is 13.0 Å². The number of nitrogens with one attached hydrogen (secondary N) is 1. The van der Waals surface area contributed by atoms with Crippen LogP contribution in [0.1, 0.15) is 24.3 Å². The highest BCUT2D eigenvalue weighted by molar-refractivity contribution is 5.92. The van der Waals surface area contributed by atoms with E-state index in [4.69, 9.17) is 4.42 Å². The molecule has 1 atom stereocenters. The number of nitro benzene ring substituents is 1. The fraction of sp³-hybridized carbons (Fsp3) is 0.105. The molecule has 0 aliphatic heterocycles. The summed E-state index contributed by atoms with van der Waals surface area (Å²) >= 11 is 0. The van der Waals surface area contributed by atoms with E-state index in [0.29, 0.717) is 11.3 Å². The Kier molecular flexibility index (Phi) is 4.61. The van der Waals surface area contributed by atoms with Crippen LogP contribution in [0.15, 0.2) is 65.1 Å². The molecule has 0 fully saturated rings. The average molecular weight is 336 g/mol. The largest absolute Gasteiger partial charge is 0.459 e. The van der Waals surface area contributed by atoms with Crippen LogP contribution in [0.4, 0.5) is 5.69 Å². The van der Waals surface area contributed by atoms with Gasteiger partial charge in [-0.3, -0.25) is 14.9 Å². The first-order chi connectivity index (χ1) is 12.0. The monoisotopic (exact) mass is 336 g/mol. The summed E-state index contributed by atoms with van der Waals surface area (Å²) in [6.45, 7) is 1.84. The lowest BCUT2D eigenvalue weighted by Crippen LogP contribution is -2.24. The number of para-hydroxylation sites is 1. The number of non-ortho nitro benzene ring substituents is 1. The lowest BCUT2D eigenvalue weighted by atomic mass is 10.2. The topological polar surface area (TPSA) is 85.4 Å². The van der Waals surface area contributed by atoms with E-state index in [2.05, 4.69) is 5.32 Å². The molecule has 0 saturated carbocycles. The van der Waals surface area contributed by atoms with Crippen molar-refractivity contribution in [1.82, 2.24) is 5.32 Å².